The Morgan fingerprint density at radius 3 is 2.55 bits per heavy atom. The minimum atomic E-state index is -0.431. The maximum atomic E-state index is 12.0. The number of hydrogen-bond acceptors (Lipinski definition) is 5. The molecule has 2 saturated heterocycles. The molecule has 0 aliphatic carbocycles. The molecule has 1 atom stereocenters. The van der Waals surface area contributed by atoms with Crippen molar-refractivity contribution in [3.8, 4) is 0 Å². The molecule has 0 aromatic heterocycles. The van der Waals surface area contributed by atoms with E-state index in [1.807, 2.05) is 20.8 Å². The highest BCUT2D eigenvalue weighted by Crippen LogP contribution is 2.22. The SMILES string of the molecule is COC1(CNC2CCN(C(=O)OC(C)(C)C)CC2)CCOC1. The topological polar surface area (TPSA) is 60.0 Å². The number of carbonyl (C=O) groups excluding carboxylic acids is 1. The molecule has 0 saturated carbocycles. The van der Waals surface area contributed by atoms with Crippen molar-refractivity contribution in [2.75, 3.05) is 40.0 Å². The molecule has 2 heterocycles. The van der Waals surface area contributed by atoms with Crippen molar-refractivity contribution < 1.29 is 19.0 Å². The zero-order valence-electron chi connectivity index (χ0n) is 14.3. The third kappa shape index (κ3) is 4.83. The lowest BCUT2D eigenvalue weighted by atomic mass is 10.0. The van der Waals surface area contributed by atoms with Gasteiger partial charge in [-0.15, -0.1) is 0 Å². The molecule has 0 spiro atoms. The first-order chi connectivity index (χ1) is 10.3. The van der Waals surface area contributed by atoms with Crippen LogP contribution in [-0.4, -0.2) is 68.2 Å². The molecule has 22 heavy (non-hydrogen) atoms. The van der Waals surface area contributed by atoms with E-state index in [-0.39, 0.29) is 11.7 Å². The summed E-state index contributed by atoms with van der Waals surface area (Å²) in [6, 6.07) is 0.423. The quantitative estimate of drug-likeness (QED) is 0.857. The number of amides is 1. The molecule has 2 rings (SSSR count). The van der Waals surface area contributed by atoms with Crippen LogP contribution in [0.3, 0.4) is 0 Å². The average molecular weight is 314 g/mol. The number of hydrogen-bond donors (Lipinski definition) is 1. The Morgan fingerprint density at radius 2 is 2.05 bits per heavy atom. The zero-order chi connectivity index (χ0) is 16.2. The number of nitrogens with zero attached hydrogens (tertiary/aromatic N) is 1. The van der Waals surface area contributed by atoms with E-state index in [4.69, 9.17) is 14.2 Å². The van der Waals surface area contributed by atoms with Gasteiger partial charge in [0.05, 0.1) is 6.61 Å². The van der Waals surface area contributed by atoms with Crippen LogP contribution in [0.25, 0.3) is 0 Å². The van der Waals surface area contributed by atoms with Gasteiger partial charge in [0.25, 0.3) is 0 Å². The Labute approximate surface area is 133 Å². The summed E-state index contributed by atoms with van der Waals surface area (Å²) >= 11 is 0. The van der Waals surface area contributed by atoms with Gasteiger partial charge in [-0.05, 0) is 33.6 Å². The van der Waals surface area contributed by atoms with Crippen LogP contribution in [0.15, 0.2) is 0 Å². The lowest BCUT2D eigenvalue weighted by Gasteiger charge is -2.35. The van der Waals surface area contributed by atoms with Gasteiger partial charge in [0, 0.05) is 45.8 Å². The monoisotopic (exact) mass is 314 g/mol. The smallest absolute Gasteiger partial charge is 0.410 e. The van der Waals surface area contributed by atoms with Gasteiger partial charge in [0.1, 0.15) is 11.2 Å². The van der Waals surface area contributed by atoms with Gasteiger partial charge in [-0.1, -0.05) is 0 Å². The average Bonchev–Trinajstić information content (AvgIpc) is 2.93. The fourth-order valence-electron chi connectivity index (χ4n) is 2.88. The van der Waals surface area contributed by atoms with E-state index in [0.717, 1.165) is 45.5 Å². The number of carbonyl (C=O) groups is 1. The Hall–Kier alpha value is -0.850. The normalized spacial score (nSPS) is 27.2. The largest absolute Gasteiger partial charge is 0.444 e. The van der Waals surface area contributed by atoms with Gasteiger partial charge >= 0.3 is 6.09 Å². The molecule has 128 valence electrons. The lowest BCUT2D eigenvalue weighted by molar-refractivity contribution is -0.0194. The molecule has 2 fully saturated rings. The van der Waals surface area contributed by atoms with E-state index in [9.17, 15) is 4.79 Å². The van der Waals surface area contributed by atoms with Gasteiger partial charge in [-0.2, -0.15) is 0 Å². The number of nitrogens with one attached hydrogen (secondary N) is 1. The molecule has 2 aliphatic rings. The molecule has 1 unspecified atom stereocenters. The van der Waals surface area contributed by atoms with E-state index >= 15 is 0 Å². The molecular formula is C16H30N2O4. The van der Waals surface area contributed by atoms with Crippen LogP contribution < -0.4 is 5.32 Å². The highest BCUT2D eigenvalue weighted by Gasteiger charge is 2.36. The van der Waals surface area contributed by atoms with Crippen LogP contribution >= 0.6 is 0 Å². The van der Waals surface area contributed by atoms with E-state index in [1.165, 1.54) is 0 Å². The molecule has 2 aliphatic heterocycles. The zero-order valence-corrected chi connectivity index (χ0v) is 14.3. The van der Waals surface area contributed by atoms with E-state index < -0.39 is 5.60 Å². The number of ether oxygens (including phenoxy) is 3. The molecule has 0 radical (unpaired) electrons. The molecule has 0 aromatic carbocycles. The van der Waals surface area contributed by atoms with Crippen LogP contribution in [-0.2, 0) is 14.2 Å². The number of piperidine rings is 1. The Morgan fingerprint density at radius 1 is 1.36 bits per heavy atom. The van der Waals surface area contributed by atoms with Crippen LogP contribution in [0.2, 0.25) is 0 Å². The van der Waals surface area contributed by atoms with E-state index in [0.29, 0.717) is 12.6 Å². The van der Waals surface area contributed by atoms with Crippen molar-refractivity contribution in [3.05, 3.63) is 0 Å². The van der Waals surface area contributed by atoms with Gasteiger partial charge in [-0.25, -0.2) is 4.79 Å². The number of methoxy groups -OCH3 is 1. The van der Waals surface area contributed by atoms with Gasteiger partial charge < -0.3 is 24.4 Å². The van der Waals surface area contributed by atoms with Crippen molar-refractivity contribution in [1.29, 1.82) is 0 Å². The second kappa shape index (κ2) is 7.15. The fraction of sp³-hybridized carbons (Fsp3) is 0.938. The first-order valence-electron chi connectivity index (χ1n) is 8.18. The van der Waals surface area contributed by atoms with Crippen molar-refractivity contribution in [2.24, 2.45) is 0 Å². The van der Waals surface area contributed by atoms with Crippen LogP contribution in [0.5, 0.6) is 0 Å². The minimum Gasteiger partial charge on any atom is -0.444 e. The summed E-state index contributed by atoms with van der Waals surface area (Å²) in [6.07, 6.45) is 2.62. The molecule has 0 bridgehead atoms. The summed E-state index contributed by atoms with van der Waals surface area (Å²) in [4.78, 5) is 13.8. The summed E-state index contributed by atoms with van der Waals surface area (Å²) in [7, 11) is 1.75. The molecule has 1 amide bonds. The fourth-order valence-corrected chi connectivity index (χ4v) is 2.88. The lowest BCUT2D eigenvalue weighted by Crippen LogP contribution is -2.51. The summed E-state index contributed by atoms with van der Waals surface area (Å²) in [5.41, 5.74) is -0.609. The summed E-state index contributed by atoms with van der Waals surface area (Å²) < 4.78 is 16.5. The third-order valence-corrected chi connectivity index (χ3v) is 4.36. The van der Waals surface area contributed by atoms with Crippen molar-refractivity contribution in [1.82, 2.24) is 10.2 Å². The van der Waals surface area contributed by atoms with Crippen molar-refractivity contribution >= 4 is 6.09 Å². The van der Waals surface area contributed by atoms with E-state index in [2.05, 4.69) is 5.32 Å². The minimum absolute atomic E-state index is 0.178. The van der Waals surface area contributed by atoms with Crippen molar-refractivity contribution in [3.63, 3.8) is 0 Å². The maximum absolute atomic E-state index is 12.0. The van der Waals surface area contributed by atoms with Crippen LogP contribution in [0, 0.1) is 0 Å². The third-order valence-electron chi connectivity index (χ3n) is 4.36. The maximum Gasteiger partial charge on any atom is 0.410 e. The van der Waals surface area contributed by atoms with Gasteiger partial charge in [0.2, 0.25) is 0 Å². The van der Waals surface area contributed by atoms with Crippen molar-refractivity contribution in [2.45, 2.75) is 57.3 Å². The molecule has 0 aromatic rings. The van der Waals surface area contributed by atoms with Gasteiger partial charge in [-0.3, -0.25) is 0 Å². The Bertz CT molecular complexity index is 367. The highest BCUT2D eigenvalue weighted by atomic mass is 16.6. The first kappa shape index (κ1) is 17.5. The Kier molecular flexibility index (Phi) is 5.69. The predicted octanol–water partition coefficient (Wildman–Crippen LogP) is 1.78. The predicted molar refractivity (Wildman–Crippen MR) is 84.0 cm³/mol. The first-order valence-corrected chi connectivity index (χ1v) is 8.18. The second-order valence-corrected chi connectivity index (χ2v) is 7.31. The van der Waals surface area contributed by atoms with Crippen LogP contribution in [0.4, 0.5) is 4.79 Å². The van der Waals surface area contributed by atoms with Gasteiger partial charge in [0.15, 0.2) is 0 Å². The summed E-state index contributed by atoms with van der Waals surface area (Å²) in [5, 5.41) is 3.58. The Balaban J connectivity index is 1.72. The summed E-state index contributed by atoms with van der Waals surface area (Å²) in [5.74, 6) is 0. The second-order valence-electron chi connectivity index (χ2n) is 7.31. The highest BCUT2D eigenvalue weighted by molar-refractivity contribution is 5.68. The number of rotatable bonds is 4. The number of likely N-dealkylation sites (tertiary alicyclic amines) is 1. The van der Waals surface area contributed by atoms with E-state index in [1.54, 1.807) is 12.0 Å². The standard InChI is InChI=1S/C16H30N2O4/c1-15(2,3)22-14(19)18-8-5-13(6-9-18)17-11-16(20-4)7-10-21-12-16/h13,17H,5-12H2,1-4H3. The summed E-state index contributed by atoms with van der Waals surface area (Å²) in [6.45, 7) is 9.40. The molecule has 1 N–H and O–H groups in total. The van der Waals surface area contributed by atoms with Crippen LogP contribution in [0.1, 0.15) is 40.0 Å². The molecule has 6 heteroatoms. The molecular weight excluding hydrogens is 284 g/mol. The molecule has 6 nitrogen and oxygen atoms in total.